The van der Waals surface area contributed by atoms with Crippen LogP contribution in [0.4, 0.5) is 0 Å². The third-order valence-electron chi connectivity index (χ3n) is 6.03. The van der Waals surface area contributed by atoms with Crippen molar-refractivity contribution < 1.29 is 14.3 Å². The molecule has 3 aromatic rings. The zero-order valence-electron chi connectivity index (χ0n) is 19.1. The molecule has 4 rings (SSSR count). The van der Waals surface area contributed by atoms with Crippen LogP contribution in [0.15, 0.2) is 60.9 Å². The van der Waals surface area contributed by atoms with Gasteiger partial charge >= 0.3 is 0 Å². The number of hydrogen-bond donors (Lipinski definition) is 1. The Morgan fingerprint density at radius 2 is 1.94 bits per heavy atom. The molecule has 1 N–H and O–H groups in total. The molecule has 0 radical (unpaired) electrons. The number of aromatic nitrogens is 2. The first kappa shape index (κ1) is 23.1. The van der Waals surface area contributed by atoms with Gasteiger partial charge in [0, 0.05) is 44.0 Å². The lowest BCUT2D eigenvalue weighted by Gasteiger charge is -2.32. The normalized spacial score (nSPS) is 13.8. The van der Waals surface area contributed by atoms with Crippen LogP contribution in [-0.2, 0) is 13.7 Å². The van der Waals surface area contributed by atoms with Gasteiger partial charge in [0.05, 0.1) is 23.4 Å². The Kier molecular flexibility index (Phi) is 7.23. The number of nitriles is 1. The van der Waals surface area contributed by atoms with E-state index in [4.69, 9.17) is 4.74 Å². The summed E-state index contributed by atoms with van der Waals surface area (Å²) in [5.74, 6) is 0.771. The molecule has 0 saturated carbocycles. The third kappa shape index (κ3) is 5.62. The topological polar surface area (TPSA) is 100 Å². The summed E-state index contributed by atoms with van der Waals surface area (Å²) in [6, 6.07) is 16.6. The molecule has 34 heavy (non-hydrogen) atoms. The van der Waals surface area contributed by atoms with E-state index in [0.717, 1.165) is 18.4 Å². The summed E-state index contributed by atoms with van der Waals surface area (Å²) in [5, 5.41) is 16.2. The van der Waals surface area contributed by atoms with E-state index in [-0.39, 0.29) is 18.4 Å². The van der Waals surface area contributed by atoms with Crippen molar-refractivity contribution in [2.45, 2.75) is 19.4 Å². The lowest BCUT2D eigenvalue weighted by molar-refractivity contribution is 0.0684. The van der Waals surface area contributed by atoms with Crippen LogP contribution >= 0.6 is 0 Å². The van der Waals surface area contributed by atoms with E-state index in [2.05, 4.69) is 16.5 Å². The van der Waals surface area contributed by atoms with E-state index in [1.54, 1.807) is 48.4 Å². The standard InChI is InChI=1S/C26H27N5O3/c1-30-17-23(16-29-30)25(32)28-15-19-9-11-31(12-10-19)26(33)20-7-4-8-24(13-20)34-18-22-6-3-2-5-21(22)14-27/h2-8,13,16-17,19H,9-12,15,18H2,1H3,(H,28,32). The first-order valence-corrected chi connectivity index (χ1v) is 11.3. The minimum absolute atomic E-state index is 0.0271. The predicted octanol–water partition coefficient (Wildman–Crippen LogP) is 3.15. The van der Waals surface area contributed by atoms with Gasteiger partial charge in [-0.3, -0.25) is 14.3 Å². The Morgan fingerprint density at radius 1 is 1.15 bits per heavy atom. The molecule has 0 bridgehead atoms. The minimum Gasteiger partial charge on any atom is -0.489 e. The first-order valence-electron chi connectivity index (χ1n) is 11.3. The van der Waals surface area contributed by atoms with Gasteiger partial charge in [0.2, 0.25) is 0 Å². The van der Waals surface area contributed by atoms with Crippen molar-refractivity contribution in [2.75, 3.05) is 19.6 Å². The van der Waals surface area contributed by atoms with Crippen molar-refractivity contribution >= 4 is 11.8 Å². The second kappa shape index (κ2) is 10.7. The van der Waals surface area contributed by atoms with Crippen molar-refractivity contribution in [1.29, 1.82) is 5.26 Å². The number of benzene rings is 2. The fraction of sp³-hybridized carbons (Fsp3) is 0.308. The van der Waals surface area contributed by atoms with E-state index in [1.165, 1.54) is 0 Å². The molecule has 2 amide bonds. The lowest BCUT2D eigenvalue weighted by atomic mass is 9.96. The number of likely N-dealkylation sites (tertiary alicyclic amines) is 1. The van der Waals surface area contributed by atoms with Gasteiger partial charge in [0.1, 0.15) is 12.4 Å². The third-order valence-corrected chi connectivity index (χ3v) is 6.03. The highest BCUT2D eigenvalue weighted by Gasteiger charge is 2.24. The Hall–Kier alpha value is -4.12. The molecule has 1 saturated heterocycles. The largest absolute Gasteiger partial charge is 0.489 e. The van der Waals surface area contributed by atoms with Crippen LogP contribution in [0, 0.1) is 17.2 Å². The maximum atomic E-state index is 13.0. The molecule has 174 valence electrons. The fourth-order valence-corrected chi connectivity index (χ4v) is 4.04. The number of nitrogens with zero attached hydrogens (tertiary/aromatic N) is 4. The maximum absolute atomic E-state index is 13.0. The molecule has 1 aromatic heterocycles. The van der Waals surface area contributed by atoms with Crippen molar-refractivity contribution in [1.82, 2.24) is 20.0 Å². The molecule has 2 aromatic carbocycles. The molecule has 0 spiro atoms. The van der Waals surface area contributed by atoms with E-state index in [1.807, 2.05) is 29.2 Å². The van der Waals surface area contributed by atoms with Crippen LogP contribution in [-0.4, -0.2) is 46.1 Å². The number of carbonyl (C=O) groups excluding carboxylic acids is 2. The zero-order valence-corrected chi connectivity index (χ0v) is 19.1. The SMILES string of the molecule is Cn1cc(C(=O)NCC2CCN(C(=O)c3cccc(OCc4ccccc4C#N)c3)CC2)cn1. The second-order valence-corrected chi connectivity index (χ2v) is 8.43. The van der Waals surface area contributed by atoms with Gasteiger partial charge < -0.3 is 15.0 Å². The van der Waals surface area contributed by atoms with Crippen LogP contribution in [0.5, 0.6) is 5.75 Å². The molecule has 1 fully saturated rings. The molecule has 8 heteroatoms. The van der Waals surface area contributed by atoms with Crippen molar-refractivity contribution in [3.63, 3.8) is 0 Å². The number of aryl methyl sites for hydroxylation is 1. The number of carbonyl (C=O) groups is 2. The summed E-state index contributed by atoms with van der Waals surface area (Å²) in [5.41, 5.74) is 2.51. The summed E-state index contributed by atoms with van der Waals surface area (Å²) in [4.78, 5) is 27.1. The highest BCUT2D eigenvalue weighted by molar-refractivity contribution is 5.95. The Labute approximate surface area is 198 Å². The number of piperidine rings is 1. The van der Waals surface area contributed by atoms with Gasteiger partial charge in [-0.1, -0.05) is 24.3 Å². The number of rotatable bonds is 7. The number of ether oxygens (including phenoxy) is 1. The van der Waals surface area contributed by atoms with Crippen LogP contribution in [0.1, 0.15) is 44.7 Å². The Bertz CT molecular complexity index is 1200. The number of nitrogens with one attached hydrogen (secondary N) is 1. The molecule has 2 heterocycles. The van der Waals surface area contributed by atoms with E-state index in [0.29, 0.717) is 48.0 Å². The van der Waals surface area contributed by atoms with Crippen molar-refractivity contribution in [3.8, 4) is 11.8 Å². The Morgan fingerprint density at radius 3 is 2.68 bits per heavy atom. The maximum Gasteiger partial charge on any atom is 0.254 e. The molecule has 0 atom stereocenters. The number of amides is 2. The molecule has 1 aliphatic rings. The predicted molar refractivity (Wildman–Crippen MR) is 126 cm³/mol. The molecular formula is C26H27N5O3. The summed E-state index contributed by atoms with van der Waals surface area (Å²) in [7, 11) is 1.78. The van der Waals surface area contributed by atoms with Gasteiger partial charge in [-0.05, 0) is 43.0 Å². The minimum atomic E-state index is -0.124. The van der Waals surface area contributed by atoms with E-state index in [9.17, 15) is 14.9 Å². The average Bonchev–Trinajstić information content (AvgIpc) is 3.32. The summed E-state index contributed by atoms with van der Waals surface area (Å²) >= 11 is 0. The summed E-state index contributed by atoms with van der Waals surface area (Å²) < 4.78 is 7.46. The number of hydrogen-bond acceptors (Lipinski definition) is 5. The van der Waals surface area contributed by atoms with Crippen LogP contribution in [0.2, 0.25) is 0 Å². The molecule has 8 nitrogen and oxygen atoms in total. The van der Waals surface area contributed by atoms with Gasteiger partial charge in [0.15, 0.2) is 0 Å². The molecule has 0 aliphatic carbocycles. The summed E-state index contributed by atoms with van der Waals surface area (Å²) in [6.07, 6.45) is 4.91. The summed E-state index contributed by atoms with van der Waals surface area (Å²) in [6.45, 7) is 2.14. The zero-order chi connectivity index (χ0) is 23.9. The van der Waals surface area contributed by atoms with E-state index < -0.39 is 0 Å². The average molecular weight is 458 g/mol. The fourth-order valence-electron chi connectivity index (χ4n) is 4.04. The van der Waals surface area contributed by atoms with Crippen LogP contribution in [0.3, 0.4) is 0 Å². The lowest BCUT2D eigenvalue weighted by Crippen LogP contribution is -2.41. The van der Waals surface area contributed by atoms with Crippen LogP contribution in [0.25, 0.3) is 0 Å². The van der Waals surface area contributed by atoms with Gasteiger partial charge in [-0.15, -0.1) is 0 Å². The molecule has 1 aliphatic heterocycles. The molecular weight excluding hydrogens is 430 g/mol. The highest BCUT2D eigenvalue weighted by Crippen LogP contribution is 2.21. The van der Waals surface area contributed by atoms with Gasteiger partial charge in [-0.25, -0.2) is 0 Å². The smallest absolute Gasteiger partial charge is 0.254 e. The van der Waals surface area contributed by atoms with E-state index >= 15 is 0 Å². The first-order chi connectivity index (χ1) is 16.5. The monoisotopic (exact) mass is 457 g/mol. The van der Waals surface area contributed by atoms with Crippen LogP contribution < -0.4 is 10.1 Å². The quantitative estimate of drug-likeness (QED) is 0.587. The Balaban J connectivity index is 1.27. The second-order valence-electron chi connectivity index (χ2n) is 8.43. The highest BCUT2D eigenvalue weighted by atomic mass is 16.5. The van der Waals surface area contributed by atoms with Crippen molar-refractivity contribution in [2.24, 2.45) is 13.0 Å². The van der Waals surface area contributed by atoms with Gasteiger partial charge in [0.25, 0.3) is 11.8 Å². The molecule has 0 unspecified atom stereocenters. The van der Waals surface area contributed by atoms with Gasteiger partial charge in [-0.2, -0.15) is 10.4 Å². The van der Waals surface area contributed by atoms with Crippen molar-refractivity contribution in [3.05, 3.63) is 83.2 Å².